The van der Waals surface area contributed by atoms with Crippen LogP contribution in [0.3, 0.4) is 0 Å². The molecule has 1 aromatic heterocycles. The Balaban J connectivity index is 1.90. The highest BCUT2D eigenvalue weighted by Gasteiger charge is 2.34. The molecule has 3 rings (SSSR count). The summed E-state index contributed by atoms with van der Waals surface area (Å²) >= 11 is 3.00. The molecule has 152 valence electrons. The van der Waals surface area contributed by atoms with Gasteiger partial charge in [0.15, 0.2) is 5.69 Å². The van der Waals surface area contributed by atoms with Crippen molar-refractivity contribution in [2.45, 2.75) is 44.1 Å². The summed E-state index contributed by atoms with van der Waals surface area (Å²) in [7, 11) is 0. The van der Waals surface area contributed by atoms with Crippen molar-refractivity contribution in [2.75, 3.05) is 10.6 Å². The second-order valence-corrected chi connectivity index (χ2v) is 7.26. The minimum atomic E-state index is -4.69. The smallest absolute Gasteiger partial charge is 0.351 e. The van der Waals surface area contributed by atoms with Gasteiger partial charge in [-0.25, -0.2) is 4.98 Å². The summed E-state index contributed by atoms with van der Waals surface area (Å²) < 4.78 is 77.9. The molecule has 0 bridgehead atoms. The zero-order valence-corrected chi connectivity index (χ0v) is 15.8. The van der Waals surface area contributed by atoms with Crippen LogP contribution >= 0.6 is 15.9 Å². The van der Waals surface area contributed by atoms with Crippen LogP contribution in [0.25, 0.3) is 0 Å². The fraction of sp³-hybridized carbons (Fsp3) is 0.412. The van der Waals surface area contributed by atoms with Crippen LogP contribution in [-0.4, -0.2) is 16.0 Å². The SMILES string of the molecule is FC(F)(F)c1ccc(Nc2cc(C(F)(F)F)nc(NC3CCCC3)n2)c(Br)c1. The highest BCUT2D eigenvalue weighted by molar-refractivity contribution is 9.10. The molecule has 0 radical (unpaired) electrons. The maximum absolute atomic E-state index is 13.2. The molecule has 0 spiro atoms. The van der Waals surface area contributed by atoms with E-state index >= 15 is 0 Å². The molecule has 11 heteroatoms. The number of nitrogens with zero attached hydrogens (tertiary/aromatic N) is 2. The topological polar surface area (TPSA) is 49.8 Å². The van der Waals surface area contributed by atoms with Crippen LogP contribution in [0.4, 0.5) is 43.8 Å². The first kappa shape index (κ1) is 20.7. The van der Waals surface area contributed by atoms with Crippen LogP contribution in [0, 0.1) is 0 Å². The van der Waals surface area contributed by atoms with Gasteiger partial charge < -0.3 is 10.6 Å². The number of nitrogens with one attached hydrogen (secondary N) is 2. The van der Waals surface area contributed by atoms with Crippen molar-refractivity contribution in [1.29, 1.82) is 0 Å². The van der Waals surface area contributed by atoms with Crippen molar-refractivity contribution in [3.05, 3.63) is 40.0 Å². The van der Waals surface area contributed by atoms with Gasteiger partial charge in [0.05, 0.1) is 11.3 Å². The highest BCUT2D eigenvalue weighted by Crippen LogP contribution is 2.36. The molecule has 0 atom stereocenters. The first-order valence-electron chi connectivity index (χ1n) is 8.39. The number of rotatable bonds is 4. The lowest BCUT2D eigenvalue weighted by Gasteiger charge is -2.16. The van der Waals surface area contributed by atoms with Crippen molar-refractivity contribution in [2.24, 2.45) is 0 Å². The van der Waals surface area contributed by atoms with Crippen molar-refractivity contribution in [3.63, 3.8) is 0 Å². The normalized spacial score (nSPS) is 15.7. The van der Waals surface area contributed by atoms with Gasteiger partial charge in [-0.1, -0.05) is 12.8 Å². The van der Waals surface area contributed by atoms with E-state index in [1.807, 2.05) is 0 Å². The maximum atomic E-state index is 13.2. The molecule has 0 aliphatic heterocycles. The molecule has 1 aromatic carbocycles. The number of benzene rings is 1. The van der Waals surface area contributed by atoms with E-state index in [2.05, 4.69) is 36.5 Å². The standard InChI is InChI=1S/C17H15BrF6N4/c18-11-7-9(16(19,20)21)5-6-12(11)26-14-8-13(17(22,23)24)27-15(28-14)25-10-3-1-2-4-10/h5-8,10H,1-4H2,(H2,25,26,27,28). The van der Waals surface area contributed by atoms with Crippen LogP contribution in [-0.2, 0) is 12.4 Å². The Morgan fingerprint density at radius 2 is 1.61 bits per heavy atom. The first-order valence-corrected chi connectivity index (χ1v) is 9.18. The fourth-order valence-corrected chi connectivity index (χ4v) is 3.38. The van der Waals surface area contributed by atoms with Crippen LogP contribution in [0.5, 0.6) is 0 Å². The molecule has 2 N–H and O–H groups in total. The molecule has 1 aliphatic rings. The van der Waals surface area contributed by atoms with Crippen LogP contribution < -0.4 is 10.6 Å². The average Bonchev–Trinajstić information content (AvgIpc) is 3.07. The van der Waals surface area contributed by atoms with Gasteiger partial charge >= 0.3 is 12.4 Å². The maximum Gasteiger partial charge on any atom is 0.433 e. The summed E-state index contributed by atoms with van der Waals surface area (Å²) in [5.74, 6) is -0.351. The number of hydrogen-bond donors (Lipinski definition) is 2. The third-order valence-electron chi connectivity index (χ3n) is 4.26. The monoisotopic (exact) mass is 468 g/mol. The van der Waals surface area contributed by atoms with Gasteiger partial charge in [0.25, 0.3) is 0 Å². The Morgan fingerprint density at radius 1 is 0.929 bits per heavy atom. The van der Waals surface area contributed by atoms with Gasteiger partial charge in [-0.3, -0.25) is 0 Å². The van der Waals surface area contributed by atoms with E-state index in [4.69, 9.17) is 0 Å². The van der Waals surface area contributed by atoms with E-state index in [1.54, 1.807) is 0 Å². The van der Waals surface area contributed by atoms with Crippen LogP contribution in [0.2, 0.25) is 0 Å². The Morgan fingerprint density at radius 3 is 2.18 bits per heavy atom. The van der Waals surface area contributed by atoms with Gasteiger partial charge in [0.2, 0.25) is 5.95 Å². The number of hydrogen-bond acceptors (Lipinski definition) is 4. The molecule has 28 heavy (non-hydrogen) atoms. The lowest BCUT2D eigenvalue weighted by molar-refractivity contribution is -0.141. The summed E-state index contributed by atoms with van der Waals surface area (Å²) in [6, 6.07) is 3.49. The second-order valence-electron chi connectivity index (χ2n) is 6.40. The van der Waals surface area contributed by atoms with E-state index in [9.17, 15) is 26.3 Å². The molecule has 1 heterocycles. The summed E-state index contributed by atoms with van der Waals surface area (Å²) in [4.78, 5) is 7.57. The molecule has 0 saturated heterocycles. The molecule has 1 aliphatic carbocycles. The predicted octanol–water partition coefficient (Wildman–Crippen LogP) is 6.37. The minimum Gasteiger partial charge on any atom is -0.351 e. The Labute approximate surface area is 164 Å². The van der Waals surface area contributed by atoms with E-state index in [1.165, 1.54) is 0 Å². The fourth-order valence-electron chi connectivity index (χ4n) is 2.90. The average molecular weight is 469 g/mol. The molecule has 1 fully saturated rings. The third kappa shape index (κ3) is 5.06. The number of aromatic nitrogens is 2. The molecule has 1 saturated carbocycles. The summed E-state index contributed by atoms with van der Waals surface area (Å²) in [6.07, 6.45) is -5.65. The van der Waals surface area contributed by atoms with Crippen LogP contribution in [0.15, 0.2) is 28.7 Å². The second kappa shape index (κ2) is 7.76. The van der Waals surface area contributed by atoms with E-state index in [-0.39, 0.29) is 28.0 Å². The molecule has 4 nitrogen and oxygen atoms in total. The van der Waals surface area contributed by atoms with Crippen LogP contribution in [0.1, 0.15) is 36.9 Å². The summed E-state index contributed by atoms with van der Waals surface area (Å²) in [5.41, 5.74) is -1.88. The zero-order chi connectivity index (χ0) is 20.5. The van der Waals surface area contributed by atoms with Gasteiger partial charge in [-0.2, -0.15) is 31.3 Å². The third-order valence-corrected chi connectivity index (χ3v) is 4.92. The Hall–Kier alpha value is -2.04. The molecular formula is C17H15BrF6N4. The van der Waals surface area contributed by atoms with Crippen molar-refractivity contribution >= 4 is 33.4 Å². The van der Waals surface area contributed by atoms with Gasteiger partial charge in [0.1, 0.15) is 5.82 Å². The number of alkyl halides is 6. The van der Waals surface area contributed by atoms with E-state index in [0.717, 1.165) is 43.9 Å². The van der Waals surface area contributed by atoms with Crippen molar-refractivity contribution < 1.29 is 26.3 Å². The molecule has 2 aromatic rings. The van der Waals surface area contributed by atoms with E-state index in [0.29, 0.717) is 6.07 Å². The lowest BCUT2D eigenvalue weighted by atomic mass is 10.2. The number of anilines is 3. The Kier molecular flexibility index (Phi) is 5.74. The molecular weight excluding hydrogens is 454 g/mol. The molecule has 0 unspecified atom stereocenters. The minimum absolute atomic E-state index is 0.00543. The zero-order valence-electron chi connectivity index (χ0n) is 14.3. The predicted molar refractivity (Wildman–Crippen MR) is 95.3 cm³/mol. The first-order chi connectivity index (χ1) is 13.0. The van der Waals surface area contributed by atoms with Crippen molar-refractivity contribution in [1.82, 2.24) is 9.97 Å². The largest absolute Gasteiger partial charge is 0.433 e. The lowest BCUT2D eigenvalue weighted by Crippen LogP contribution is -2.19. The number of halogens is 7. The van der Waals surface area contributed by atoms with E-state index < -0.39 is 23.6 Å². The summed E-state index contributed by atoms with van der Waals surface area (Å²) in [6.45, 7) is 0. The van der Waals surface area contributed by atoms with Gasteiger partial charge in [-0.05, 0) is 47.0 Å². The van der Waals surface area contributed by atoms with Gasteiger partial charge in [0, 0.05) is 16.6 Å². The Bertz CT molecular complexity index is 847. The highest BCUT2D eigenvalue weighted by atomic mass is 79.9. The van der Waals surface area contributed by atoms with Gasteiger partial charge in [-0.15, -0.1) is 0 Å². The quantitative estimate of drug-likeness (QED) is 0.511. The van der Waals surface area contributed by atoms with Crippen molar-refractivity contribution in [3.8, 4) is 0 Å². The molecule has 0 amide bonds. The summed E-state index contributed by atoms with van der Waals surface area (Å²) in [5, 5.41) is 5.52.